The SMILES string of the molecule is Cn1cccc1C(=O)NC(=O)CSc1ccc(N)cc1Cl. The predicted molar refractivity (Wildman–Crippen MR) is 84.5 cm³/mol. The number of aromatic nitrogens is 1. The highest BCUT2D eigenvalue weighted by Gasteiger charge is 2.13. The summed E-state index contributed by atoms with van der Waals surface area (Å²) in [5, 5.41) is 2.82. The summed E-state index contributed by atoms with van der Waals surface area (Å²) in [6, 6.07) is 8.46. The van der Waals surface area contributed by atoms with Gasteiger partial charge in [0.25, 0.3) is 5.91 Å². The Balaban J connectivity index is 1.90. The molecule has 0 fully saturated rings. The van der Waals surface area contributed by atoms with Crippen LogP contribution in [0.2, 0.25) is 5.02 Å². The summed E-state index contributed by atoms with van der Waals surface area (Å²) >= 11 is 7.27. The van der Waals surface area contributed by atoms with Crippen molar-refractivity contribution in [1.29, 1.82) is 0 Å². The van der Waals surface area contributed by atoms with Gasteiger partial charge in [-0.05, 0) is 30.3 Å². The number of nitrogens with two attached hydrogens (primary N) is 1. The first-order chi connectivity index (χ1) is 9.97. The van der Waals surface area contributed by atoms with Gasteiger partial charge in [0.1, 0.15) is 5.69 Å². The van der Waals surface area contributed by atoms with E-state index < -0.39 is 5.91 Å². The van der Waals surface area contributed by atoms with Crippen molar-refractivity contribution in [1.82, 2.24) is 9.88 Å². The van der Waals surface area contributed by atoms with Crippen LogP contribution in [-0.2, 0) is 11.8 Å². The van der Waals surface area contributed by atoms with E-state index in [1.807, 2.05) is 0 Å². The number of benzene rings is 1. The fourth-order valence-electron chi connectivity index (χ4n) is 1.70. The number of thioether (sulfide) groups is 1. The number of halogens is 1. The monoisotopic (exact) mass is 323 g/mol. The molecule has 0 saturated carbocycles. The van der Waals surface area contributed by atoms with Crippen LogP contribution in [0.5, 0.6) is 0 Å². The molecule has 0 aliphatic rings. The normalized spacial score (nSPS) is 10.4. The summed E-state index contributed by atoms with van der Waals surface area (Å²) in [7, 11) is 1.74. The lowest BCUT2D eigenvalue weighted by Crippen LogP contribution is -2.32. The van der Waals surface area contributed by atoms with Crippen LogP contribution < -0.4 is 11.1 Å². The van der Waals surface area contributed by atoms with Gasteiger partial charge in [0, 0.05) is 23.8 Å². The molecular weight excluding hydrogens is 310 g/mol. The summed E-state index contributed by atoms with van der Waals surface area (Å²) in [5.74, 6) is -0.699. The van der Waals surface area contributed by atoms with Gasteiger partial charge in [-0.25, -0.2) is 0 Å². The Hall–Kier alpha value is -1.92. The van der Waals surface area contributed by atoms with Gasteiger partial charge in [0.2, 0.25) is 5.91 Å². The largest absolute Gasteiger partial charge is 0.399 e. The molecule has 2 rings (SSSR count). The maximum atomic E-state index is 11.9. The van der Waals surface area contributed by atoms with E-state index >= 15 is 0 Å². The van der Waals surface area contributed by atoms with Crippen LogP contribution in [0, 0.1) is 0 Å². The van der Waals surface area contributed by atoms with Gasteiger partial charge in [-0.2, -0.15) is 0 Å². The average molecular weight is 324 g/mol. The highest BCUT2D eigenvalue weighted by Crippen LogP contribution is 2.28. The number of rotatable bonds is 4. The number of carbonyl (C=O) groups is 2. The number of carbonyl (C=O) groups excluding carboxylic acids is 2. The third-order valence-corrected chi connectivity index (χ3v) is 4.24. The zero-order valence-electron chi connectivity index (χ0n) is 11.3. The Labute approximate surface area is 131 Å². The Bertz CT molecular complexity index is 685. The quantitative estimate of drug-likeness (QED) is 0.668. The smallest absolute Gasteiger partial charge is 0.274 e. The van der Waals surface area contributed by atoms with Crippen molar-refractivity contribution >= 4 is 40.9 Å². The molecule has 21 heavy (non-hydrogen) atoms. The second kappa shape index (κ2) is 6.69. The molecule has 3 N–H and O–H groups in total. The summed E-state index contributed by atoms with van der Waals surface area (Å²) in [4.78, 5) is 24.4. The number of aryl methyl sites for hydroxylation is 1. The molecule has 1 heterocycles. The molecular formula is C14H14ClN3O2S. The van der Waals surface area contributed by atoms with Crippen LogP contribution in [-0.4, -0.2) is 22.1 Å². The number of hydrogen-bond donors (Lipinski definition) is 2. The van der Waals surface area contributed by atoms with Crippen LogP contribution in [0.15, 0.2) is 41.4 Å². The molecule has 1 aromatic carbocycles. The Morgan fingerprint density at radius 1 is 1.38 bits per heavy atom. The van der Waals surface area contributed by atoms with Gasteiger partial charge in [0.05, 0.1) is 10.8 Å². The molecule has 7 heteroatoms. The van der Waals surface area contributed by atoms with Crippen molar-refractivity contribution in [3.8, 4) is 0 Å². The van der Waals surface area contributed by atoms with E-state index in [9.17, 15) is 9.59 Å². The number of hydrogen-bond acceptors (Lipinski definition) is 4. The van der Waals surface area contributed by atoms with Crippen LogP contribution in [0.25, 0.3) is 0 Å². The minimum atomic E-state index is -0.420. The third kappa shape index (κ3) is 4.03. The predicted octanol–water partition coefficient (Wildman–Crippen LogP) is 2.31. The Morgan fingerprint density at radius 2 is 2.14 bits per heavy atom. The van der Waals surface area contributed by atoms with E-state index in [2.05, 4.69) is 5.32 Å². The van der Waals surface area contributed by atoms with E-state index in [1.165, 1.54) is 11.8 Å². The maximum absolute atomic E-state index is 11.9. The van der Waals surface area contributed by atoms with Crippen LogP contribution >= 0.6 is 23.4 Å². The highest BCUT2D eigenvalue weighted by molar-refractivity contribution is 8.00. The summed E-state index contributed by atoms with van der Waals surface area (Å²) in [6.07, 6.45) is 1.74. The lowest BCUT2D eigenvalue weighted by molar-refractivity contribution is -0.117. The van der Waals surface area contributed by atoms with Gasteiger partial charge >= 0.3 is 0 Å². The van der Waals surface area contributed by atoms with Gasteiger partial charge in [-0.15, -0.1) is 11.8 Å². The number of nitrogens with one attached hydrogen (secondary N) is 1. The molecule has 1 aromatic heterocycles. The lowest BCUT2D eigenvalue weighted by Gasteiger charge is -2.06. The van der Waals surface area contributed by atoms with E-state index in [4.69, 9.17) is 17.3 Å². The first kappa shape index (κ1) is 15.5. The van der Waals surface area contributed by atoms with E-state index in [-0.39, 0.29) is 11.7 Å². The molecule has 0 unspecified atom stereocenters. The molecule has 5 nitrogen and oxygen atoms in total. The maximum Gasteiger partial charge on any atom is 0.274 e. The number of nitrogen functional groups attached to an aromatic ring is 1. The zero-order valence-corrected chi connectivity index (χ0v) is 12.9. The third-order valence-electron chi connectivity index (χ3n) is 2.74. The van der Waals surface area contributed by atoms with Gasteiger partial charge in [0.15, 0.2) is 0 Å². The Morgan fingerprint density at radius 3 is 2.76 bits per heavy atom. The van der Waals surface area contributed by atoms with Gasteiger partial charge < -0.3 is 10.3 Å². The molecule has 0 radical (unpaired) electrons. The van der Waals surface area contributed by atoms with Crippen molar-refractivity contribution in [2.45, 2.75) is 4.90 Å². The summed E-state index contributed by atoms with van der Waals surface area (Å²) in [5.41, 5.74) is 6.59. The molecule has 2 aromatic rings. The van der Waals surface area contributed by atoms with Crippen molar-refractivity contribution in [2.75, 3.05) is 11.5 Å². The molecule has 2 amide bonds. The first-order valence-corrected chi connectivity index (χ1v) is 7.47. The van der Waals surface area contributed by atoms with Crippen LogP contribution in [0.4, 0.5) is 5.69 Å². The van der Waals surface area contributed by atoms with Crippen LogP contribution in [0.1, 0.15) is 10.5 Å². The second-order valence-corrected chi connectivity index (χ2v) is 5.78. The standard InChI is InChI=1S/C14H14ClN3O2S/c1-18-6-2-3-11(18)14(20)17-13(19)8-21-12-5-4-9(16)7-10(12)15/h2-7H,8,16H2,1H3,(H,17,19,20). The number of amides is 2. The van der Waals surface area contributed by atoms with Crippen LogP contribution in [0.3, 0.4) is 0 Å². The molecule has 0 spiro atoms. The van der Waals surface area contributed by atoms with Crippen molar-refractivity contribution in [2.24, 2.45) is 7.05 Å². The topological polar surface area (TPSA) is 77.1 Å². The van der Waals surface area contributed by atoms with Crippen molar-refractivity contribution in [3.05, 3.63) is 47.2 Å². The fraction of sp³-hybridized carbons (Fsp3) is 0.143. The Kier molecular flexibility index (Phi) is 4.93. The lowest BCUT2D eigenvalue weighted by atomic mass is 10.3. The average Bonchev–Trinajstić information content (AvgIpc) is 2.84. The van der Waals surface area contributed by atoms with E-state index in [0.29, 0.717) is 16.4 Å². The molecule has 0 atom stereocenters. The first-order valence-electron chi connectivity index (χ1n) is 6.10. The fourth-order valence-corrected chi connectivity index (χ4v) is 2.77. The second-order valence-electron chi connectivity index (χ2n) is 4.36. The minimum absolute atomic E-state index is 0.0970. The van der Waals surface area contributed by atoms with Crippen molar-refractivity contribution in [3.63, 3.8) is 0 Å². The zero-order chi connectivity index (χ0) is 15.4. The van der Waals surface area contributed by atoms with E-state index in [0.717, 1.165) is 4.90 Å². The van der Waals surface area contributed by atoms with E-state index in [1.54, 1.807) is 48.1 Å². The summed E-state index contributed by atoms with van der Waals surface area (Å²) in [6.45, 7) is 0. The molecule has 110 valence electrons. The van der Waals surface area contributed by atoms with Gasteiger partial charge in [-0.3, -0.25) is 14.9 Å². The van der Waals surface area contributed by atoms with Crippen molar-refractivity contribution < 1.29 is 9.59 Å². The molecule has 0 bridgehead atoms. The van der Waals surface area contributed by atoms with Gasteiger partial charge in [-0.1, -0.05) is 11.6 Å². The molecule has 0 aliphatic heterocycles. The number of imide groups is 1. The summed E-state index contributed by atoms with van der Waals surface area (Å²) < 4.78 is 1.65. The number of anilines is 1. The minimum Gasteiger partial charge on any atom is -0.399 e. The number of nitrogens with zero attached hydrogens (tertiary/aromatic N) is 1. The molecule has 0 aliphatic carbocycles. The highest BCUT2D eigenvalue weighted by atomic mass is 35.5. The molecule has 0 saturated heterocycles.